The van der Waals surface area contributed by atoms with Crippen molar-refractivity contribution in [2.45, 2.75) is 13.0 Å². The number of aromatic amines is 1. The van der Waals surface area contributed by atoms with Gasteiger partial charge >= 0.3 is 0 Å². The van der Waals surface area contributed by atoms with E-state index in [1.807, 2.05) is 13.0 Å². The largest absolute Gasteiger partial charge is 0.378 e. The molecule has 0 spiro atoms. The molecule has 4 nitrogen and oxygen atoms in total. The summed E-state index contributed by atoms with van der Waals surface area (Å²) in [6, 6.07) is 6.57. The fourth-order valence-corrected chi connectivity index (χ4v) is 2.31. The first-order valence-corrected chi connectivity index (χ1v) is 6.37. The lowest BCUT2D eigenvalue weighted by atomic mass is 10.1. The summed E-state index contributed by atoms with van der Waals surface area (Å²) in [6.45, 7) is 4.10. The lowest BCUT2D eigenvalue weighted by Gasteiger charge is -2.21. The van der Waals surface area contributed by atoms with Crippen molar-refractivity contribution in [3.63, 3.8) is 0 Å². The standard InChI is InChI=1S/C14H16FN3O/c1-9-13(10-3-2-4-11(15)7-10)18-14(17-9)12-8-19-6-5-16-12/h2-4,7,12,16H,5-6,8H2,1H3,(H,17,18). The maximum atomic E-state index is 13.3. The van der Waals surface area contributed by atoms with Crippen LogP contribution in [0.25, 0.3) is 11.3 Å². The van der Waals surface area contributed by atoms with E-state index in [0.29, 0.717) is 6.61 Å². The molecule has 3 rings (SSSR count). The highest BCUT2D eigenvalue weighted by Crippen LogP contribution is 2.24. The van der Waals surface area contributed by atoms with Crippen molar-refractivity contribution in [3.8, 4) is 11.3 Å². The molecular formula is C14H16FN3O. The number of hydrogen-bond acceptors (Lipinski definition) is 3. The summed E-state index contributed by atoms with van der Waals surface area (Å²) in [4.78, 5) is 7.84. The number of rotatable bonds is 2. The molecule has 1 atom stereocenters. The molecule has 1 unspecified atom stereocenters. The number of benzene rings is 1. The van der Waals surface area contributed by atoms with Gasteiger partial charge in [-0.25, -0.2) is 9.37 Å². The maximum absolute atomic E-state index is 13.3. The third kappa shape index (κ3) is 2.52. The van der Waals surface area contributed by atoms with Crippen LogP contribution in [-0.4, -0.2) is 29.7 Å². The van der Waals surface area contributed by atoms with E-state index in [9.17, 15) is 4.39 Å². The second-order valence-electron chi connectivity index (χ2n) is 4.69. The Morgan fingerprint density at radius 1 is 1.42 bits per heavy atom. The predicted molar refractivity (Wildman–Crippen MR) is 70.3 cm³/mol. The van der Waals surface area contributed by atoms with Crippen molar-refractivity contribution in [2.75, 3.05) is 19.8 Å². The number of morpholine rings is 1. The molecule has 0 radical (unpaired) electrons. The minimum atomic E-state index is -0.249. The van der Waals surface area contributed by atoms with Crippen LogP contribution >= 0.6 is 0 Å². The van der Waals surface area contributed by atoms with Gasteiger partial charge in [0.15, 0.2) is 0 Å². The number of nitrogens with zero attached hydrogens (tertiary/aromatic N) is 1. The average molecular weight is 261 g/mol. The van der Waals surface area contributed by atoms with Crippen LogP contribution in [0.1, 0.15) is 17.6 Å². The van der Waals surface area contributed by atoms with Crippen molar-refractivity contribution in [2.24, 2.45) is 0 Å². The molecule has 1 aliphatic heterocycles. The molecule has 0 amide bonds. The van der Waals surface area contributed by atoms with Crippen molar-refractivity contribution < 1.29 is 9.13 Å². The maximum Gasteiger partial charge on any atom is 0.126 e. The summed E-state index contributed by atoms with van der Waals surface area (Å²) in [5.41, 5.74) is 2.52. The molecule has 0 saturated carbocycles. The number of halogens is 1. The van der Waals surface area contributed by atoms with Gasteiger partial charge in [0.1, 0.15) is 11.6 Å². The van der Waals surface area contributed by atoms with E-state index in [-0.39, 0.29) is 11.9 Å². The van der Waals surface area contributed by atoms with Crippen LogP contribution in [0.2, 0.25) is 0 Å². The van der Waals surface area contributed by atoms with E-state index in [1.54, 1.807) is 6.07 Å². The number of aromatic nitrogens is 2. The first-order chi connectivity index (χ1) is 9.24. The van der Waals surface area contributed by atoms with Gasteiger partial charge in [-0.2, -0.15) is 0 Å². The molecule has 5 heteroatoms. The van der Waals surface area contributed by atoms with Crippen LogP contribution in [0, 0.1) is 12.7 Å². The first-order valence-electron chi connectivity index (χ1n) is 6.37. The number of nitrogens with one attached hydrogen (secondary N) is 2. The summed E-state index contributed by atoms with van der Waals surface area (Å²) >= 11 is 0. The smallest absolute Gasteiger partial charge is 0.126 e. The van der Waals surface area contributed by atoms with E-state index in [1.165, 1.54) is 12.1 Å². The van der Waals surface area contributed by atoms with Gasteiger partial charge in [0.2, 0.25) is 0 Å². The number of H-pyrrole nitrogens is 1. The van der Waals surface area contributed by atoms with Gasteiger partial charge in [-0.1, -0.05) is 12.1 Å². The van der Waals surface area contributed by atoms with Crippen molar-refractivity contribution >= 4 is 0 Å². The molecule has 2 N–H and O–H groups in total. The summed E-state index contributed by atoms with van der Waals surface area (Å²) in [5, 5.41) is 3.35. The van der Waals surface area contributed by atoms with Crippen molar-refractivity contribution in [3.05, 3.63) is 41.6 Å². The quantitative estimate of drug-likeness (QED) is 0.871. The summed E-state index contributed by atoms with van der Waals surface area (Å²) < 4.78 is 18.7. The second-order valence-corrected chi connectivity index (χ2v) is 4.69. The number of imidazole rings is 1. The predicted octanol–water partition coefficient (Wildman–Crippen LogP) is 2.19. The summed E-state index contributed by atoms with van der Waals surface area (Å²) in [6.07, 6.45) is 0. The molecule has 1 fully saturated rings. The Bertz CT molecular complexity index is 576. The van der Waals surface area contributed by atoms with Gasteiger partial charge in [-0.05, 0) is 19.1 Å². The number of ether oxygens (including phenoxy) is 1. The van der Waals surface area contributed by atoms with Gasteiger partial charge in [0.05, 0.1) is 24.9 Å². The highest BCUT2D eigenvalue weighted by molar-refractivity contribution is 5.61. The lowest BCUT2D eigenvalue weighted by Crippen LogP contribution is -2.35. The van der Waals surface area contributed by atoms with E-state index >= 15 is 0 Å². The molecule has 19 heavy (non-hydrogen) atoms. The molecule has 100 valence electrons. The molecule has 0 aliphatic carbocycles. The second kappa shape index (κ2) is 5.11. The van der Waals surface area contributed by atoms with Gasteiger partial charge in [-0.15, -0.1) is 0 Å². The molecule has 1 aromatic carbocycles. The van der Waals surface area contributed by atoms with E-state index in [4.69, 9.17) is 4.74 Å². The van der Waals surface area contributed by atoms with Gasteiger partial charge < -0.3 is 15.0 Å². The zero-order valence-electron chi connectivity index (χ0n) is 10.7. The third-order valence-corrected chi connectivity index (χ3v) is 3.25. The molecule has 1 aromatic heterocycles. The topological polar surface area (TPSA) is 49.9 Å². The van der Waals surface area contributed by atoms with Crippen LogP contribution in [-0.2, 0) is 4.74 Å². The number of hydrogen-bond donors (Lipinski definition) is 2. The van der Waals surface area contributed by atoms with E-state index in [2.05, 4.69) is 15.3 Å². The fourth-order valence-electron chi connectivity index (χ4n) is 2.31. The Morgan fingerprint density at radius 2 is 2.32 bits per heavy atom. The Labute approximate surface area is 111 Å². The number of aryl methyl sites for hydroxylation is 1. The van der Waals surface area contributed by atoms with Crippen LogP contribution in [0.5, 0.6) is 0 Å². The first kappa shape index (κ1) is 12.3. The normalized spacial score (nSPS) is 19.6. The Hall–Kier alpha value is -1.72. The molecule has 2 aromatic rings. The van der Waals surface area contributed by atoms with E-state index in [0.717, 1.165) is 35.9 Å². The minimum Gasteiger partial charge on any atom is -0.378 e. The molecule has 1 saturated heterocycles. The molecular weight excluding hydrogens is 245 g/mol. The highest BCUT2D eigenvalue weighted by atomic mass is 19.1. The molecule has 1 aliphatic rings. The molecule has 2 heterocycles. The SMILES string of the molecule is Cc1[nH]c(C2COCCN2)nc1-c1cccc(F)c1. The Kier molecular flexibility index (Phi) is 3.31. The van der Waals surface area contributed by atoms with Crippen LogP contribution in [0.3, 0.4) is 0 Å². The minimum absolute atomic E-state index is 0.0785. The van der Waals surface area contributed by atoms with Gasteiger partial charge in [0.25, 0.3) is 0 Å². The monoisotopic (exact) mass is 261 g/mol. The fraction of sp³-hybridized carbons (Fsp3) is 0.357. The van der Waals surface area contributed by atoms with Crippen molar-refractivity contribution in [1.82, 2.24) is 15.3 Å². The van der Waals surface area contributed by atoms with Crippen LogP contribution in [0.4, 0.5) is 4.39 Å². The third-order valence-electron chi connectivity index (χ3n) is 3.25. The average Bonchev–Trinajstić information content (AvgIpc) is 2.82. The van der Waals surface area contributed by atoms with Crippen LogP contribution < -0.4 is 5.32 Å². The Balaban J connectivity index is 1.92. The molecule has 0 bridgehead atoms. The van der Waals surface area contributed by atoms with Gasteiger partial charge in [0, 0.05) is 17.8 Å². The van der Waals surface area contributed by atoms with E-state index < -0.39 is 0 Å². The summed E-state index contributed by atoms with van der Waals surface area (Å²) in [7, 11) is 0. The zero-order chi connectivity index (χ0) is 13.2. The summed E-state index contributed by atoms with van der Waals surface area (Å²) in [5.74, 6) is 0.594. The lowest BCUT2D eigenvalue weighted by molar-refractivity contribution is 0.0745. The van der Waals surface area contributed by atoms with Gasteiger partial charge in [-0.3, -0.25) is 0 Å². The Morgan fingerprint density at radius 3 is 3.05 bits per heavy atom. The highest BCUT2D eigenvalue weighted by Gasteiger charge is 2.20. The van der Waals surface area contributed by atoms with Crippen LogP contribution in [0.15, 0.2) is 24.3 Å². The van der Waals surface area contributed by atoms with Crippen molar-refractivity contribution in [1.29, 1.82) is 0 Å². The zero-order valence-corrected chi connectivity index (χ0v) is 10.7.